The maximum Gasteiger partial charge on any atom is 0.341 e. The first-order valence-corrected chi connectivity index (χ1v) is 7.74. The van der Waals surface area contributed by atoms with Crippen LogP contribution < -0.4 is 4.74 Å². The highest BCUT2D eigenvalue weighted by atomic mass is 16.5. The molecule has 1 aliphatic rings. The lowest BCUT2D eigenvalue weighted by Crippen LogP contribution is -2.10. The summed E-state index contributed by atoms with van der Waals surface area (Å²) in [6.07, 6.45) is 3.04. The van der Waals surface area contributed by atoms with Gasteiger partial charge < -0.3 is 9.84 Å². The summed E-state index contributed by atoms with van der Waals surface area (Å²) in [5.41, 5.74) is 5.45. The van der Waals surface area contributed by atoms with Gasteiger partial charge in [-0.15, -0.1) is 0 Å². The number of fused-ring (bicyclic) bond motifs is 2. The number of hydrogen-bond donors (Lipinski definition) is 1. The fraction of sp³-hybridized carbons (Fsp3) is 0.316. The lowest BCUT2D eigenvalue weighted by molar-refractivity contribution is -0.139. The Bertz CT molecular complexity index is 691. The smallest absolute Gasteiger partial charge is 0.341 e. The van der Waals surface area contributed by atoms with Crippen LogP contribution in [0, 0.1) is 0 Å². The van der Waals surface area contributed by atoms with Gasteiger partial charge in [-0.3, -0.25) is 0 Å². The van der Waals surface area contributed by atoms with Crippen molar-refractivity contribution in [1.82, 2.24) is 0 Å². The van der Waals surface area contributed by atoms with Crippen molar-refractivity contribution in [1.29, 1.82) is 0 Å². The molecule has 0 fully saturated rings. The summed E-state index contributed by atoms with van der Waals surface area (Å²) in [5, 5.41) is 8.73. The van der Waals surface area contributed by atoms with Crippen LogP contribution in [0.3, 0.4) is 0 Å². The Morgan fingerprint density at radius 1 is 1.14 bits per heavy atom. The molecule has 0 saturated heterocycles. The highest BCUT2D eigenvalue weighted by molar-refractivity contribution is 5.68. The number of aliphatic carboxylic acids is 1. The molecule has 1 unspecified atom stereocenters. The molecule has 0 spiro atoms. The molecule has 0 bridgehead atoms. The minimum absolute atomic E-state index is 0.295. The molecule has 22 heavy (non-hydrogen) atoms. The molecule has 0 radical (unpaired) electrons. The third-order valence-corrected chi connectivity index (χ3v) is 4.35. The first-order chi connectivity index (χ1) is 10.7. The Labute approximate surface area is 130 Å². The molecular formula is C19H20O3. The average molecular weight is 296 g/mol. The molecule has 3 nitrogen and oxygen atoms in total. The van der Waals surface area contributed by atoms with E-state index in [0.29, 0.717) is 11.7 Å². The molecular weight excluding hydrogens is 276 g/mol. The zero-order valence-corrected chi connectivity index (χ0v) is 12.7. The van der Waals surface area contributed by atoms with Crippen LogP contribution in [0.4, 0.5) is 0 Å². The zero-order chi connectivity index (χ0) is 15.5. The topological polar surface area (TPSA) is 46.5 Å². The van der Waals surface area contributed by atoms with Crippen LogP contribution in [0.5, 0.6) is 5.75 Å². The molecule has 114 valence electrons. The quantitative estimate of drug-likeness (QED) is 0.933. The largest absolute Gasteiger partial charge is 0.482 e. The number of benzene rings is 2. The van der Waals surface area contributed by atoms with E-state index in [4.69, 9.17) is 9.84 Å². The van der Waals surface area contributed by atoms with Gasteiger partial charge >= 0.3 is 5.97 Å². The van der Waals surface area contributed by atoms with Gasteiger partial charge in [-0.25, -0.2) is 4.79 Å². The van der Waals surface area contributed by atoms with Gasteiger partial charge in [0.25, 0.3) is 0 Å². The number of carbonyl (C=O) groups is 1. The predicted octanol–water partition coefficient (Wildman–Crippen LogP) is 3.79. The lowest BCUT2D eigenvalue weighted by atomic mass is 9.86. The number of hydrogen-bond acceptors (Lipinski definition) is 2. The number of carboxylic acids is 1. The third-order valence-electron chi connectivity index (χ3n) is 4.35. The summed E-state index contributed by atoms with van der Waals surface area (Å²) >= 11 is 0. The van der Waals surface area contributed by atoms with E-state index in [1.165, 1.54) is 22.3 Å². The second-order valence-electron chi connectivity index (χ2n) is 5.70. The maximum absolute atomic E-state index is 10.6. The Balaban J connectivity index is 1.96. The first-order valence-electron chi connectivity index (χ1n) is 7.74. The molecule has 0 heterocycles. The van der Waals surface area contributed by atoms with E-state index in [1.54, 1.807) is 0 Å². The summed E-state index contributed by atoms with van der Waals surface area (Å²) in [6, 6.07) is 14.6. The minimum Gasteiger partial charge on any atom is -0.482 e. The van der Waals surface area contributed by atoms with E-state index in [9.17, 15) is 4.79 Å². The Hall–Kier alpha value is -2.29. The van der Waals surface area contributed by atoms with Crippen molar-refractivity contribution >= 4 is 5.97 Å². The minimum atomic E-state index is -0.950. The zero-order valence-electron chi connectivity index (χ0n) is 12.7. The highest BCUT2D eigenvalue weighted by Crippen LogP contribution is 2.37. The van der Waals surface area contributed by atoms with Crippen molar-refractivity contribution in [3.8, 4) is 5.75 Å². The molecule has 0 amide bonds. The van der Waals surface area contributed by atoms with Crippen molar-refractivity contribution in [3.63, 3.8) is 0 Å². The molecule has 1 atom stereocenters. The van der Waals surface area contributed by atoms with Gasteiger partial charge in [-0.2, -0.15) is 0 Å². The van der Waals surface area contributed by atoms with Crippen LogP contribution >= 0.6 is 0 Å². The molecule has 0 saturated carbocycles. The second-order valence-corrected chi connectivity index (χ2v) is 5.70. The van der Waals surface area contributed by atoms with Gasteiger partial charge in [0, 0.05) is 5.92 Å². The number of ether oxygens (including phenoxy) is 1. The summed E-state index contributed by atoms with van der Waals surface area (Å²) < 4.78 is 5.32. The Kier molecular flexibility index (Phi) is 4.14. The number of carboxylic acid groups (broad SMARTS) is 1. The third kappa shape index (κ3) is 2.84. The predicted molar refractivity (Wildman–Crippen MR) is 85.6 cm³/mol. The fourth-order valence-electron chi connectivity index (χ4n) is 3.35. The van der Waals surface area contributed by atoms with E-state index in [2.05, 4.69) is 37.3 Å². The number of aryl methyl sites for hydroxylation is 2. The molecule has 0 aliphatic heterocycles. The lowest BCUT2D eigenvalue weighted by Gasteiger charge is -2.19. The van der Waals surface area contributed by atoms with Crippen LogP contribution in [-0.4, -0.2) is 17.7 Å². The molecule has 2 aromatic carbocycles. The van der Waals surface area contributed by atoms with Crippen molar-refractivity contribution in [3.05, 3.63) is 64.7 Å². The normalized spacial score (nSPS) is 16.3. The van der Waals surface area contributed by atoms with Gasteiger partial charge in [0.15, 0.2) is 6.61 Å². The maximum atomic E-state index is 10.6. The van der Waals surface area contributed by atoms with E-state index in [1.807, 2.05) is 12.1 Å². The van der Waals surface area contributed by atoms with Crippen molar-refractivity contribution in [2.45, 2.75) is 32.1 Å². The van der Waals surface area contributed by atoms with Gasteiger partial charge in [0.2, 0.25) is 0 Å². The highest BCUT2D eigenvalue weighted by Gasteiger charge is 2.22. The van der Waals surface area contributed by atoms with Crippen LogP contribution in [-0.2, 0) is 17.6 Å². The van der Waals surface area contributed by atoms with E-state index in [-0.39, 0.29) is 6.61 Å². The fourth-order valence-corrected chi connectivity index (χ4v) is 3.35. The van der Waals surface area contributed by atoms with Gasteiger partial charge in [-0.1, -0.05) is 37.3 Å². The Morgan fingerprint density at radius 2 is 1.86 bits per heavy atom. The second kappa shape index (κ2) is 6.22. The average Bonchev–Trinajstić information content (AvgIpc) is 2.69. The van der Waals surface area contributed by atoms with E-state index in [0.717, 1.165) is 19.3 Å². The molecule has 3 heteroatoms. The van der Waals surface area contributed by atoms with E-state index < -0.39 is 5.97 Å². The van der Waals surface area contributed by atoms with E-state index >= 15 is 0 Å². The standard InChI is InChI=1S/C19H20O3/c1-2-16-17-6-4-3-5-13(17)7-8-14-11-15(9-10-18(14)16)22-12-19(20)21/h3-6,9-11,16H,2,7-8,12H2,1H3,(H,20,21). The van der Waals surface area contributed by atoms with Gasteiger partial charge in [-0.05, 0) is 53.6 Å². The number of rotatable bonds is 4. The summed E-state index contributed by atoms with van der Waals surface area (Å²) in [5.74, 6) is 0.0953. The summed E-state index contributed by atoms with van der Waals surface area (Å²) in [6.45, 7) is 1.92. The van der Waals surface area contributed by atoms with Gasteiger partial charge in [0.1, 0.15) is 5.75 Å². The SMILES string of the molecule is CCC1c2ccccc2CCc2cc(OCC(=O)O)ccc21. The molecule has 3 rings (SSSR count). The van der Waals surface area contributed by atoms with Crippen LogP contribution in [0.25, 0.3) is 0 Å². The van der Waals surface area contributed by atoms with Crippen LogP contribution in [0.2, 0.25) is 0 Å². The first kappa shape index (κ1) is 14.6. The molecule has 2 aromatic rings. The molecule has 1 aliphatic carbocycles. The van der Waals surface area contributed by atoms with Crippen molar-refractivity contribution in [2.24, 2.45) is 0 Å². The molecule has 0 aromatic heterocycles. The Morgan fingerprint density at radius 3 is 2.64 bits per heavy atom. The van der Waals surface area contributed by atoms with Crippen LogP contribution in [0.1, 0.15) is 41.5 Å². The summed E-state index contributed by atoms with van der Waals surface area (Å²) in [4.78, 5) is 10.6. The monoisotopic (exact) mass is 296 g/mol. The van der Waals surface area contributed by atoms with Gasteiger partial charge in [0.05, 0.1) is 0 Å². The van der Waals surface area contributed by atoms with Crippen molar-refractivity contribution < 1.29 is 14.6 Å². The van der Waals surface area contributed by atoms with Crippen molar-refractivity contribution in [2.75, 3.05) is 6.61 Å². The molecule has 1 N–H and O–H groups in total. The summed E-state index contributed by atoms with van der Waals surface area (Å²) in [7, 11) is 0. The van der Waals surface area contributed by atoms with Crippen LogP contribution in [0.15, 0.2) is 42.5 Å².